The standard InChI is InChI=1S/C18H29N3/c1-3-5-13-6-8-14(9-7-13)18-20-16(4-2)15-12-19-11-10-17(15)21-18/h13-14,19H,3-12H2,1-2H3. The maximum absolute atomic E-state index is 4.97. The van der Waals surface area contributed by atoms with Gasteiger partial charge in [0.2, 0.25) is 0 Å². The van der Waals surface area contributed by atoms with Crippen LogP contribution in [-0.4, -0.2) is 16.5 Å². The monoisotopic (exact) mass is 287 g/mol. The van der Waals surface area contributed by atoms with Crippen LogP contribution in [0.4, 0.5) is 0 Å². The zero-order chi connectivity index (χ0) is 14.7. The first-order valence-corrected chi connectivity index (χ1v) is 8.91. The molecule has 0 unspecified atom stereocenters. The maximum atomic E-state index is 4.97. The van der Waals surface area contributed by atoms with E-state index in [1.165, 1.54) is 55.5 Å². The van der Waals surface area contributed by atoms with Crippen LogP contribution in [0, 0.1) is 5.92 Å². The second-order valence-electron chi connectivity index (χ2n) is 6.74. The number of rotatable bonds is 4. The van der Waals surface area contributed by atoms with Gasteiger partial charge in [-0.2, -0.15) is 0 Å². The predicted molar refractivity (Wildman–Crippen MR) is 86.4 cm³/mol. The van der Waals surface area contributed by atoms with Gasteiger partial charge in [0.1, 0.15) is 5.82 Å². The quantitative estimate of drug-likeness (QED) is 0.916. The third-order valence-electron chi connectivity index (χ3n) is 5.28. The summed E-state index contributed by atoms with van der Waals surface area (Å²) < 4.78 is 0. The average Bonchev–Trinajstić information content (AvgIpc) is 2.55. The number of hydrogen-bond acceptors (Lipinski definition) is 3. The van der Waals surface area contributed by atoms with Crippen LogP contribution in [-0.2, 0) is 19.4 Å². The van der Waals surface area contributed by atoms with E-state index in [9.17, 15) is 0 Å². The first-order valence-electron chi connectivity index (χ1n) is 8.91. The minimum absolute atomic E-state index is 0.614. The van der Waals surface area contributed by atoms with Crippen molar-refractivity contribution < 1.29 is 0 Å². The third-order valence-corrected chi connectivity index (χ3v) is 5.28. The Morgan fingerprint density at radius 2 is 1.90 bits per heavy atom. The van der Waals surface area contributed by atoms with Gasteiger partial charge < -0.3 is 5.32 Å². The van der Waals surface area contributed by atoms with E-state index in [0.29, 0.717) is 5.92 Å². The summed E-state index contributed by atoms with van der Waals surface area (Å²) in [4.78, 5) is 9.91. The van der Waals surface area contributed by atoms with E-state index < -0.39 is 0 Å². The fourth-order valence-corrected chi connectivity index (χ4v) is 4.03. The highest BCUT2D eigenvalue weighted by molar-refractivity contribution is 5.29. The molecule has 21 heavy (non-hydrogen) atoms. The Morgan fingerprint density at radius 3 is 2.62 bits per heavy atom. The zero-order valence-electron chi connectivity index (χ0n) is 13.6. The zero-order valence-corrected chi connectivity index (χ0v) is 13.6. The molecule has 0 aromatic carbocycles. The summed E-state index contributed by atoms with van der Waals surface area (Å²) >= 11 is 0. The molecule has 0 bridgehead atoms. The molecule has 1 aliphatic carbocycles. The third kappa shape index (κ3) is 3.28. The van der Waals surface area contributed by atoms with Crippen LogP contribution in [0.1, 0.15) is 81.1 Å². The summed E-state index contributed by atoms with van der Waals surface area (Å²) in [5.41, 5.74) is 4.00. The molecule has 1 aromatic heterocycles. The van der Waals surface area contributed by atoms with Gasteiger partial charge >= 0.3 is 0 Å². The van der Waals surface area contributed by atoms with Crippen LogP contribution < -0.4 is 5.32 Å². The Labute approximate surface area is 129 Å². The highest BCUT2D eigenvalue weighted by Gasteiger charge is 2.26. The summed E-state index contributed by atoms with van der Waals surface area (Å²) in [6, 6.07) is 0. The Balaban J connectivity index is 1.77. The summed E-state index contributed by atoms with van der Waals surface area (Å²) in [5.74, 6) is 2.73. The molecule has 3 nitrogen and oxygen atoms in total. The van der Waals surface area contributed by atoms with Gasteiger partial charge in [-0.25, -0.2) is 9.97 Å². The van der Waals surface area contributed by atoms with Crippen LogP contribution >= 0.6 is 0 Å². The normalized spacial score (nSPS) is 25.6. The van der Waals surface area contributed by atoms with Gasteiger partial charge in [0.15, 0.2) is 0 Å². The van der Waals surface area contributed by atoms with Crippen LogP contribution in [0.3, 0.4) is 0 Å². The van der Waals surface area contributed by atoms with Gasteiger partial charge in [0.05, 0.1) is 5.69 Å². The van der Waals surface area contributed by atoms with Gasteiger partial charge in [0, 0.05) is 36.7 Å². The number of aromatic nitrogens is 2. The highest BCUT2D eigenvalue weighted by atomic mass is 15.0. The van der Waals surface area contributed by atoms with Crippen molar-refractivity contribution in [1.82, 2.24) is 15.3 Å². The van der Waals surface area contributed by atoms with Gasteiger partial charge in [-0.05, 0) is 38.0 Å². The lowest BCUT2D eigenvalue weighted by Crippen LogP contribution is -2.28. The van der Waals surface area contributed by atoms with E-state index in [-0.39, 0.29) is 0 Å². The van der Waals surface area contributed by atoms with Crippen molar-refractivity contribution in [1.29, 1.82) is 0 Å². The largest absolute Gasteiger partial charge is 0.312 e. The van der Waals surface area contributed by atoms with Crippen molar-refractivity contribution >= 4 is 0 Å². The molecule has 3 heteroatoms. The molecule has 2 aliphatic rings. The molecule has 1 aliphatic heterocycles. The van der Waals surface area contributed by atoms with Crippen LogP contribution in [0.5, 0.6) is 0 Å². The molecule has 0 spiro atoms. The number of fused-ring (bicyclic) bond motifs is 1. The number of hydrogen-bond donors (Lipinski definition) is 1. The summed E-state index contributed by atoms with van der Waals surface area (Å²) in [6.45, 7) is 6.55. The van der Waals surface area contributed by atoms with Crippen LogP contribution in [0.15, 0.2) is 0 Å². The molecule has 0 radical (unpaired) electrons. The predicted octanol–water partition coefficient (Wildman–Crippen LogP) is 3.76. The molecule has 1 fully saturated rings. The van der Waals surface area contributed by atoms with E-state index >= 15 is 0 Å². The lowest BCUT2D eigenvalue weighted by atomic mass is 9.79. The van der Waals surface area contributed by atoms with E-state index in [1.807, 2.05) is 0 Å². The molecular formula is C18H29N3. The van der Waals surface area contributed by atoms with E-state index in [1.54, 1.807) is 0 Å². The maximum Gasteiger partial charge on any atom is 0.131 e. The van der Waals surface area contributed by atoms with Gasteiger partial charge in [0.25, 0.3) is 0 Å². The first kappa shape index (κ1) is 15.0. The summed E-state index contributed by atoms with van der Waals surface area (Å²) in [6.07, 6.45) is 10.2. The molecule has 0 amide bonds. The van der Waals surface area contributed by atoms with Crippen molar-refractivity contribution in [3.63, 3.8) is 0 Å². The van der Waals surface area contributed by atoms with Gasteiger partial charge in [-0.1, -0.05) is 26.7 Å². The van der Waals surface area contributed by atoms with Crippen LogP contribution in [0.2, 0.25) is 0 Å². The summed E-state index contributed by atoms with van der Waals surface area (Å²) in [5, 5.41) is 3.45. The van der Waals surface area contributed by atoms with E-state index in [4.69, 9.17) is 9.97 Å². The number of aryl methyl sites for hydroxylation is 1. The van der Waals surface area contributed by atoms with Crippen molar-refractivity contribution in [3.8, 4) is 0 Å². The fourth-order valence-electron chi connectivity index (χ4n) is 4.03. The first-order chi connectivity index (χ1) is 10.3. The van der Waals surface area contributed by atoms with Gasteiger partial charge in [-0.3, -0.25) is 0 Å². The Bertz CT molecular complexity index is 458. The average molecular weight is 287 g/mol. The highest BCUT2D eigenvalue weighted by Crippen LogP contribution is 2.36. The number of nitrogens with one attached hydrogen (secondary N) is 1. The Hall–Kier alpha value is -0.960. The molecule has 2 heterocycles. The van der Waals surface area contributed by atoms with E-state index in [2.05, 4.69) is 19.2 Å². The molecule has 0 atom stereocenters. The van der Waals surface area contributed by atoms with E-state index in [0.717, 1.165) is 37.7 Å². The van der Waals surface area contributed by atoms with Crippen molar-refractivity contribution in [2.24, 2.45) is 5.92 Å². The topological polar surface area (TPSA) is 37.8 Å². The molecule has 1 aromatic rings. The van der Waals surface area contributed by atoms with Crippen LogP contribution in [0.25, 0.3) is 0 Å². The lowest BCUT2D eigenvalue weighted by molar-refractivity contribution is 0.301. The Kier molecular flexibility index (Phi) is 4.89. The smallest absolute Gasteiger partial charge is 0.131 e. The number of nitrogens with zero attached hydrogens (tertiary/aromatic N) is 2. The minimum atomic E-state index is 0.614. The van der Waals surface area contributed by atoms with Crippen molar-refractivity contribution in [2.75, 3.05) is 6.54 Å². The minimum Gasteiger partial charge on any atom is -0.312 e. The second-order valence-corrected chi connectivity index (χ2v) is 6.74. The molecule has 1 saturated carbocycles. The summed E-state index contributed by atoms with van der Waals surface area (Å²) in [7, 11) is 0. The fraction of sp³-hybridized carbons (Fsp3) is 0.778. The second kappa shape index (κ2) is 6.87. The Morgan fingerprint density at radius 1 is 1.10 bits per heavy atom. The molecule has 3 rings (SSSR count). The molecular weight excluding hydrogens is 258 g/mol. The SMILES string of the molecule is CCCC1CCC(c2nc(CC)c3c(n2)CCNC3)CC1. The molecule has 116 valence electrons. The van der Waals surface area contributed by atoms with Gasteiger partial charge in [-0.15, -0.1) is 0 Å². The lowest BCUT2D eigenvalue weighted by Gasteiger charge is -2.29. The molecule has 1 N–H and O–H groups in total. The molecule has 0 saturated heterocycles. The van der Waals surface area contributed by atoms with Crippen molar-refractivity contribution in [2.45, 2.75) is 77.7 Å². The van der Waals surface area contributed by atoms with Crippen molar-refractivity contribution in [3.05, 3.63) is 22.8 Å².